The minimum Gasteiger partial charge on any atom is -0.336 e. The largest absolute Gasteiger partial charge is 0.336 e. The van der Waals surface area contributed by atoms with Crippen LogP contribution in [0.15, 0.2) is 53.0 Å². The van der Waals surface area contributed by atoms with Crippen molar-refractivity contribution in [1.82, 2.24) is 9.80 Å². The van der Waals surface area contributed by atoms with Gasteiger partial charge >= 0.3 is 0 Å². The molecule has 4 heteroatoms. The molecule has 2 aromatic rings. The summed E-state index contributed by atoms with van der Waals surface area (Å²) in [7, 11) is 0. The van der Waals surface area contributed by atoms with Gasteiger partial charge in [0.25, 0.3) is 5.91 Å². The maximum Gasteiger partial charge on any atom is 0.253 e. The molecule has 120 valence electrons. The monoisotopic (exact) mass is 372 g/mol. The van der Waals surface area contributed by atoms with Gasteiger partial charge in [-0.1, -0.05) is 51.8 Å². The van der Waals surface area contributed by atoms with Gasteiger partial charge in [-0.3, -0.25) is 9.69 Å². The van der Waals surface area contributed by atoms with E-state index in [9.17, 15) is 4.79 Å². The highest BCUT2D eigenvalue weighted by Gasteiger charge is 2.22. The molecule has 1 aliphatic heterocycles. The lowest BCUT2D eigenvalue weighted by molar-refractivity contribution is 0.0628. The fraction of sp³-hybridized carbons (Fsp3) is 0.316. The Balaban J connectivity index is 1.57. The third-order valence-electron chi connectivity index (χ3n) is 4.31. The van der Waals surface area contributed by atoms with Crippen LogP contribution in [0.4, 0.5) is 0 Å². The summed E-state index contributed by atoms with van der Waals surface area (Å²) in [5.41, 5.74) is 3.26. The van der Waals surface area contributed by atoms with Crippen LogP contribution in [-0.2, 0) is 6.54 Å². The first-order chi connectivity index (χ1) is 11.1. The van der Waals surface area contributed by atoms with E-state index in [-0.39, 0.29) is 5.91 Å². The van der Waals surface area contributed by atoms with Crippen LogP contribution in [0.2, 0.25) is 0 Å². The third kappa shape index (κ3) is 4.01. The van der Waals surface area contributed by atoms with Crippen LogP contribution in [0.25, 0.3) is 0 Å². The van der Waals surface area contributed by atoms with Gasteiger partial charge in [-0.2, -0.15) is 0 Å². The zero-order chi connectivity index (χ0) is 16.2. The van der Waals surface area contributed by atoms with Crippen LogP contribution in [-0.4, -0.2) is 41.9 Å². The average molecular weight is 373 g/mol. The lowest BCUT2D eigenvalue weighted by Crippen LogP contribution is -2.48. The van der Waals surface area contributed by atoms with Crippen LogP contribution in [0.1, 0.15) is 21.5 Å². The van der Waals surface area contributed by atoms with Crippen molar-refractivity contribution in [3.63, 3.8) is 0 Å². The Morgan fingerprint density at radius 2 is 1.65 bits per heavy atom. The SMILES string of the molecule is Cc1ccc(C(=O)N2CCN(Cc3ccccc3Br)CC2)cc1. The fourth-order valence-electron chi connectivity index (χ4n) is 2.86. The Hall–Kier alpha value is -1.65. The highest BCUT2D eigenvalue weighted by Crippen LogP contribution is 2.19. The number of piperazine rings is 1. The smallest absolute Gasteiger partial charge is 0.253 e. The van der Waals surface area contributed by atoms with E-state index in [0.29, 0.717) is 0 Å². The zero-order valence-corrected chi connectivity index (χ0v) is 14.9. The quantitative estimate of drug-likeness (QED) is 0.819. The van der Waals surface area contributed by atoms with Crippen molar-refractivity contribution in [3.05, 3.63) is 69.7 Å². The van der Waals surface area contributed by atoms with Crippen molar-refractivity contribution in [2.24, 2.45) is 0 Å². The minimum absolute atomic E-state index is 0.144. The van der Waals surface area contributed by atoms with Gasteiger partial charge in [0.15, 0.2) is 0 Å². The van der Waals surface area contributed by atoms with Crippen molar-refractivity contribution >= 4 is 21.8 Å². The Morgan fingerprint density at radius 1 is 1.00 bits per heavy atom. The molecule has 0 saturated carbocycles. The maximum atomic E-state index is 12.5. The Bertz CT molecular complexity index is 676. The van der Waals surface area contributed by atoms with E-state index in [4.69, 9.17) is 0 Å². The van der Waals surface area contributed by atoms with Crippen LogP contribution in [0.5, 0.6) is 0 Å². The van der Waals surface area contributed by atoms with Crippen molar-refractivity contribution in [1.29, 1.82) is 0 Å². The summed E-state index contributed by atoms with van der Waals surface area (Å²) >= 11 is 3.60. The number of aryl methyl sites for hydroxylation is 1. The number of carbonyl (C=O) groups excluding carboxylic acids is 1. The van der Waals surface area contributed by atoms with Gasteiger partial charge in [0.05, 0.1) is 0 Å². The van der Waals surface area contributed by atoms with E-state index in [0.717, 1.165) is 42.8 Å². The molecule has 0 N–H and O–H groups in total. The van der Waals surface area contributed by atoms with Crippen LogP contribution in [0, 0.1) is 6.92 Å². The predicted molar refractivity (Wildman–Crippen MR) is 96.5 cm³/mol. The first-order valence-corrected chi connectivity index (χ1v) is 8.74. The fourth-order valence-corrected chi connectivity index (χ4v) is 3.27. The van der Waals surface area contributed by atoms with E-state index in [2.05, 4.69) is 39.0 Å². The topological polar surface area (TPSA) is 23.6 Å². The molecule has 2 aromatic carbocycles. The minimum atomic E-state index is 0.144. The van der Waals surface area contributed by atoms with E-state index in [1.54, 1.807) is 0 Å². The Morgan fingerprint density at radius 3 is 2.30 bits per heavy atom. The lowest BCUT2D eigenvalue weighted by Gasteiger charge is -2.35. The molecule has 1 saturated heterocycles. The molecule has 1 fully saturated rings. The first kappa shape index (κ1) is 16.2. The van der Waals surface area contributed by atoms with Crippen LogP contribution < -0.4 is 0 Å². The molecule has 0 aliphatic carbocycles. The number of amides is 1. The molecule has 0 atom stereocenters. The normalized spacial score (nSPS) is 15.7. The molecular weight excluding hydrogens is 352 g/mol. The number of nitrogens with zero attached hydrogens (tertiary/aromatic N) is 2. The molecule has 0 bridgehead atoms. The summed E-state index contributed by atoms with van der Waals surface area (Å²) in [5.74, 6) is 0.144. The number of rotatable bonds is 3. The van der Waals surface area contributed by atoms with Crippen LogP contribution >= 0.6 is 15.9 Å². The van der Waals surface area contributed by atoms with Crippen molar-refractivity contribution < 1.29 is 4.79 Å². The molecule has 23 heavy (non-hydrogen) atoms. The molecule has 1 aliphatic rings. The zero-order valence-electron chi connectivity index (χ0n) is 13.3. The third-order valence-corrected chi connectivity index (χ3v) is 5.08. The number of hydrogen-bond donors (Lipinski definition) is 0. The summed E-state index contributed by atoms with van der Waals surface area (Å²) < 4.78 is 1.15. The van der Waals surface area contributed by atoms with Gasteiger partial charge in [0, 0.05) is 42.8 Å². The number of benzene rings is 2. The maximum absolute atomic E-state index is 12.5. The molecule has 0 aromatic heterocycles. The first-order valence-electron chi connectivity index (χ1n) is 7.95. The molecule has 3 rings (SSSR count). The number of carbonyl (C=O) groups is 1. The summed E-state index contributed by atoms with van der Waals surface area (Å²) in [4.78, 5) is 16.9. The van der Waals surface area contributed by atoms with E-state index >= 15 is 0 Å². The molecule has 1 amide bonds. The summed E-state index contributed by atoms with van der Waals surface area (Å²) in [5, 5.41) is 0. The predicted octanol–water partition coefficient (Wildman–Crippen LogP) is 3.72. The van der Waals surface area contributed by atoms with Gasteiger partial charge in [0.2, 0.25) is 0 Å². The van der Waals surface area contributed by atoms with Gasteiger partial charge in [-0.05, 0) is 30.7 Å². The van der Waals surface area contributed by atoms with Gasteiger partial charge in [-0.15, -0.1) is 0 Å². The van der Waals surface area contributed by atoms with Crippen molar-refractivity contribution in [2.75, 3.05) is 26.2 Å². The van der Waals surface area contributed by atoms with Gasteiger partial charge < -0.3 is 4.90 Å². The van der Waals surface area contributed by atoms with E-state index in [1.165, 1.54) is 11.1 Å². The molecule has 3 nitrogen and oxygen atoms in total. The molecular formula is C19H21BrN2O. The second-order valence-electron chi connectivity index (χ2n) is 6.03. The molecule has 0 unspecified atom stereocenters. The van der Waals surface area contributed by atoms with E-state index < -0.39 is 0 Å². The second kappa shape index (κ2) is 7.28. The van der Waals surface area contributed by atoms with Gasteiger partial charge in [0.1, 0.15) is 0 Å². The lowest BCUT2D eigenvalue weighted by atomic mass is 10.1. The Kier molecular flexibility index (Phi) is 5.13. The molecule has 0 radical (unpaired) electrons. The van der Waals surface area contributed by atoms with Gasteiger partial charge in [-0.25, -0.2) is 0 Å². The average Bonchev–Trinajstić information content (AvgIpc) is 2.58. The Labute approximate surface area is 146 Å². The standard InChI is InChI=1S/C19H21BrN2O/c1-15-6-8-16(9-7-15)19(23)22-12-10-21(11-13-22)14-17-4-2-3-5-18(17)20/h2-9H,10-14H2,1H3. The van der Waals surface area contributed by atoms with E-state index in [1.807, 2.05) is 42.2 Å². The number of halogens is 1. The second-order valence-corrected chi connectivity index (χ2v) is 6.88. The van der Waals surface area contributed by atoms with Crippen molar-refractivity contribution in [3.8, 4) is 0 Å². The highest BCUT2D eigenvalue weighted by atomic mass is 79.9. The molecule has 0 spiro atoms. The van der Waals surface area contributed by atoms with Crippen LogP contribution in [0.3, 0.4) is 0 Å². The summed E-state index contributed by atoms with van der Waals surface area (Å²) in [6, 6.07) is 16.2. The van der Waals surface area contributed by atoms with Crippen molar-refractivity contribution in [2.45, 2.75) is 13.5 Å². The molecule has 1 heterocycles. The highest BCUT2D eigenvalue weighted by molar-refractivity contribution is 9.10. The summed E-state index contributed by atoms with van der Waals surface area (Å²) in [6.07, 6.45) is 0. The number of hydrogen-bond acceptors (Lipinski definition) is 2. The summed E-state index contributed by atoms with van der Waals surface area (Å²) in [6.45, 7) is 6.37.